The number of nitrogens with one attached hydrogen (secondary N) is 2. The van der Waals surface area contributed by atoms with Crippen LogP contribution in [-0.4, -0.2) is 74.8 Å². The highest BCUT2D eigenvalue weighted by atomic mass is 127. The van der Waals surface area contributed by atoms with Gasteiger partial charge in [-0.25, -0.2) is 0 Å². The molecule has 1 unspecified atom stereocenters. The summed E-state index contributed by atoms with van der Waals surface area (Å²) >= 11 is 2.05. The van der Waals surface area contributed by atoms with Gasteiger partial charge in [-0.2, -0.15) is 11.8 Å². The SMILES string of the molecule is CCNC(=NCC1CCN(CCOC)CC1)NC1CCCSC1.I. The molecule has 0 aromatic carbocycles. The van der Waals surface area contributed by atoms with Gasteiger partial charge in [-0.1, -0.05) is 0 Å². The van der Waals surface area contributed by atoms with Crippen molar-refractivity contribution in [2.45, 2.75) is 38.6 Å². The van der Waals surface area contributed by atoms with Crippen molar-refractivity contribution in [2.75, 3.05) is 57.9 Å². The zero-order chi connectivity index (χ0) is 16.3. The predicted molar refractivity (Wildman–Crippen MR) is 116 cm³/mol. The van der Waals surface area contributed by atoms with E-state index in [0.717, 1.165) is 38.1 Å². The lowest BCUT2D eigenvalue weighted by molar-refractivity contribution is 0.121. The Morgan fingerprint density at radius 1 is 1.29 bits per heavy atom. The summed E-state index contributed by atoms with van der Waals surface area (Å²) in [6, 6.07) is 0.586. The zero-order valence-electron chi connectivity index (χ0n) is 15.3. The van der Waals surface area contributed by atoms with E-state index in [9.17, 15) is 0 Å². The number of likely N-dealkylation sites (tertiary alicyclic amines) is 1. The fraction of sp³-hybridized carbons (Fsp3) is 0.941. The van der Waals surface area contributed by atoms with E-state index in [1.54, 1.807) is 7.11 Å². The van der Waals surface area contributed by atoms with Gasteiger partial charge in [-0.15, -0.1) is 24.0 Å². The van der Waals surface area contributed by atoms with E-state index in [4.69, 9.17) is 9.73 Å². The normalized spacial score (nSPS) is 23.6. The van der Waals surface area contributed by atoms with Crippen LogP contribution in [0.5, 0.6) is 0 Å². The topological polar surface area (TPSA) is 48.9 Å². The minimum absolute atomic E-state index is 0. The second-order valence-corrected chi connectivity index (χ2v) is 7.71. The minimum atomic E-state index is 0. The monoisotopic (exact) mass is 470 g/mol. The van der Waals surface area contributed by atoms with Crippen molar-refractivity contribution in [3.8, 4) is 0 Å². The Kier molecular flexibility index (Phi) is 12.5. The minimum Gasteiger partial charge on any atom is -0.383 e. The molecule has 0 aliphatic carbocycles. The molecular formula is C17H35IN4OS. The molecule has 0 aromatic rings. The molecule has 0 amide bonds. The Labute approximate surface area is 169 Å². The number of piperidine rings is 1. The highest BCUT2D eigenvalue weighted by molar-refractivity contribution is 14.0. The Balaban J connectivity index is 0.00000288. The van der Waals surface area contributed by atoms with Gasteiger partial charge in [-0.3, -0.25) is 4.99 Å². The van der Waals surface area contributed by atoms with Gasteiger partial charge in [0, 0.05) is 38.5 Å². The van der Waals surface area contributed by atoms with E-state index >= 15 is 0 Å². The summed E-state index contributed by atoms with van der Waals surface area (Å²) in [4.78, 5) is 7.37. The quantitative estimate of drug-likeness (QED) is 0.340. The number of aliphatic imine (C=N–C) groups is 1. The molecule has 2 heterocycles. The smallest absolute Gasteiger partial charge is 0.191 e. The molecule has 2 N–H and O–H groups in total. The zero-order valence-corrected chi connectivity index (χ0v) is 18.4. The fourth-order valence-electron chi connectivity index (χ4n) is 3.20. The first-order valence-electron chi connectivity index (χ1n) is 9.15. The third-order valence-electron chi connectivity index (χ3n) is 4.67. The van der Waals surface area contributed by atoms with Crippen LogP contribution < -0.4 is 10.6 Å². The Hall–Kier alpha value is 0.270. The molecule has 0 bridgehead atoms. The summed E-state index contributed by atoms with van der Waals surface area (Å²) in [5.41, 5.74) is 0. The molecule has 24 heavy (non-hydrogen) atoms. The van der Waals surface area contributed by atoms with Crippen molar-refractivity contribution in [3.05, 3.63) is 0 Å². The molecule has 0 aromatic heterocycles. The standard InChI is InChI=1S/C17H34N4OS.HI/c1-3-18-17(20-16-5-4-12-23-14-16)19-13-15-6-8-21(9-7-15)10-11-22-2;/h15-16H,3-14H2,1-2H3,(H2,18,19,20);1H. The van der Waals surface area contributed by atoms with E-state index in [1.165, 1.54) is 50.3 Å². The van der Waals surface area contributed by atoms with Gasteiger partial charge in [0.15, 0.2) is 5.96 Å². The molecule has 2 aliphatic rings. The number of methoxy groups -OCH3 is 1. The lowest BCUT2D eigenvalue weighted by Gasteiger charge is -2.31. The van der Waals surface area contributed by atoms with E-state index in [2.05, 4.69) is 34.2 Å². The van der Waals surface area contributed by atoms with Crippen LogP contribution in [0.1, 0.15) is 32.6 Å². The highest BCUT2D eigenvalue weighted by Crippen LogP contribution is 2.18. The molecule has 2 rings (SSSR count). The van der Waals surface area contributed by atoms with E-state index in [0.29, 0.717) is 6.04 Å². The Morgan fingerprint density at radius 3 is 2.71 bits per heavy atom. The van der Waals surface area contributed by atoms with Crippen LogP contribution in [0.25, 0.3) is 0 Å². The van der Waals surface area contributed by atoms with Crippen LogP contribution in [-0.2, 0) is 4.74 Å². The number of halogens is 1. The lowest BCUT2D eigenvalue weighted by atomic mass is 9.97. The van der Waals surface area contributed by atoms with Crippen LogP contribution in [0.3, 0.4) is 0 Å². The number of guanidine groups is 1. The van der Waals surface area contributed by atoms with Crippen molar-refractivity contribution >= 4 is 41.7 Å². The van der Waals surface area contributed by atoms with Gasteiger partial charge in [-0.05, 0) is 57.4 Å². The molecular weight excluding hydrogens is 435 g/mol. The van der Waals surface area contributed by atoms with Gasteiger partial charge in [0.05, 0.1) is 6.61 Å². The Bertz CT molecular complexity index is 345. The average molecular weight is 470 g/mol. The summed E-state index contributed by atoms with van der Waals surface area (Å²) in [5, 5.41) is 7.03. The summed E-state index contributed by atoms with van der Waals surface area (Å²) in [7, 11) is 1.78. The van der Waals surface area contributed by atoms with Crippen molar-refractivity contribution in [3.63, 3.8) is 0 Å². The van der Waals surface area contributed by atoms with E-state index < -0.39 is 0 Å². The van der Waals surface area contributed by atoms with E-state index in [-0.39, 0.29) is 24.0 Å². The molecule has 2 fully saturated rings. The lowest BCUT2D eigenvalue weighted by Crippen LogP contribution is -2.46. The summed E-state index contributed by atoms with van der Waals surface area (Å²) < 4.78 is 5.17. The molecule has 5 nitrogen and oxygen atoms in total. The fourth-order valence-corrected chi connectivity index (χ4v) is 4.27. The van der Waals surface area contributed by atoms with Crippen LogP contribution in [0, 0.1) is 5.92 Å². The van der Waals surface area contributed by atoms with Crippen molar-refractivity contribution < 1.29 is 4.74 Å². The third-order valence-corrected chi connectivity index (χ3v) is 5.89. The molecule has 7 heteroatoms. The van der Waals surface area contributed by atoms with Crippen LogP contribution in [0.15, 0.2) is 4.99 Å². The number of ether oxygens (including phenoxy) is 1. The Morgan fingerprint density at radius 2 is 2.08 bits per heavy atom. The summed E-state index contributed by atoms with van der Waals surface area (Å²) in [5.74, 6) is 4.27. The number of hydrogen-bond donors (Lipinski definition) is 2. The van der Waals surface area contributed by atoms with Crippen molar-refractivity contribution in [2.24, 2.45) is 10.9 Å². The molecule has 0 saturated carbocycles. The maximum Gasteiger partial charge on any atom is 0.191 e. The molecule has 142 valence electrons. The molecule has 0 spiro atoms. The highest BCUT2D eigenvalue weighted by Gasteiger charge is 2.19. The second kappa shape index (κ2) is 13.5. The van der Waals surface area contributed by atoms with Crippen molar-refractivity contribution in [1.29, 1.82) is 0 Å². The molecule has 0 radical (unpaired) electrons. The number of hydrogen-bond acceptors (Lipinski definition) is 4. The molecule has 2 saturated heterocycles. The van der Waals surface area contributed by atoms with Gasteiger partial charge in [0.1, 0.15) is 0 Å². The van der Waals surface area contributed by atoms with Gasteiger partial charge < -0.3 is 20.3 Å². The summed E-state index contributed by atoms with van der Waals surface area (Å²) in [6.45, 7) is 8.31. The maximum absolute atomic E-state index is 5.17. The van der Waals surface area contributed by atoms with E-state index in [1.807, 2.05) is 0 Å². The average Bonchev–Trinajstić information content (AvgIpc) is 2.60. The predicted octanol–water partition coefficient (Wildman–Crippen LogP) is 2.41. The number of rotatable bonds is 7. The van der Waals surface area contributed by atoms with Gasteiger partial charge >= 0.3 is 0 Å². The first kappa shape index (κ1) is 22.3. The molecule has 1 atom stereocenters. The molecule has 2 aliphatic heterocycles. The first-order valence-corrected chi connectivity index (χ1v) is 10.3. The summed E-state index contributed by atoms with van der Waals surface area (Å²) in [6.07, 6.45) is 5.11. The van der Waals surface area contributed by atoms with Crippen LogP contribution in [0.4, 0.5) is 0 Å². The van der Waals surface area contributed by atoms with Gasteiger partial charge in [0.25, 0.3) is 0 Å². The van der Waals surface area contributed by atoms with Crippen LogP contribution >= 0.6 is 35.7 Å². The number of thioether (sulfide) groups is 1. The van der Waals surface area contributed by atoms with Crippen LogP contribution in [0.2, 0.25) is 0 Å². The number of nitrogens with zero attached hydrogens (tertiary/aromatic N) is 2. The maximum atomic E-state index is 5.17. The second-order valence-electron chi connectivity index (χ2n) is 6.56. The van der Waals surface area contributed by atoms with Crippen molar-refractivity contribution in [1.82, 2.24) is 15.5 Å². The third kappa shape index (κ3) is 8.58. The largest absolute Gasteiger partial charge is 0.383 e. The van der Waals surface area contributed by atoms with Gasteiger partial charge in [0.2, 0.25) is 0 Å². The first-order chi connectivity index (χ1) is 11.3.